The van der Waals surface area contributed by atoms with Gasteiger partial charge in [0.25, 0.3) is 0 Å². The molecule has 14 heavy (non-hydrogen) atoms. The van der Waals surface area contributed by atoms with Crippen LogP contribution in [0.3, 0.4) is 0 Å². The third-order valence-electron chi connectivity index (χ3n) is 3.78. The van der Waals surface area contributed by atoms with E-state index in [0.717, 1.165) is 0 Å². The molecule has 0 amide bonds. The van der Waals surface area contributed by atoms with Crippen molar-refractivity contribution < 1.29 is 4.79 Å². The van der Waals surface area contributed by atoms with Crippen LogP contribution in [0.5, 0.6) is 0 Å². The van der Waals surface area contributed by atoms with Crippen molar-refractivity contribution in [3.63, 3.8) is 0 Å². The summed E-state index contributed by atoms with van der Waals surface area (Å²) in [4.78, 5) is 11.9. The molecule has 0 spiro atoms. The van der Waals surface area contributed by atoms with Crippen molar-refractivity contribution in [2.75, 3.05) is 6.26 Å². The van der Waals surface area contributed by atoms with Crippen LogP contribution in [0.25, 0.3) is 0 Å². The number of hydrogen-bond acceptors (Lipinski definition) is 2. The normalized spacial score (nSPS) is 20.7. The fourth-order valence-electron chi connectivity index (χ4n) is 2.10. The van der Waals surface area contributed by atoms with Gasteiger partial charge in [-0.2, -0.15) is 0 Å². The topological polar surface area (TPSA) is 17.1 Å². The highest BCUT2D eigenvalue weighted by atomic mass is 32.2. The summed E-state index contributed by atoms with van der Waals surface area (Å²) in [7, 11) is 0. The van der Waals surface area contributed by atoms with Crippen molar-refractivity contribution in [3.8, 4) is 0 Å². The van der Waals surface area contributed by atoms with E-state index in [0.29, 0.717) is 0 Å². The third kappa shape index (κ3) is 1.28. The molecular formula is C12H18OS. The van der Waals surface area contributed by atoms with Crippen molar-refractivity contribution in [2.24, 2.45) is 5.41 Å². The van der Waals surface area contributed by atoms with Gasteiger partial charge in [0.05, 0.1) is 5.41 Å². The molecule has 0 heterocycles. The Hall–Kier alpha value is -0.500. The number of thioether (sulfide) groups is 1. The minimum atomic E-state index is -0.354. The van der Waals surface area contributed by atoms with Gasteiger partial charge in [0.15, 0.2) is 0 Å². The van der Waals surface area contributed by atoms with Crippen LogP contribution in [0, 0.1) is 5.41 Å². The highest BCUT2D eigenvalue weighted by Gasteiger charge is 2.41. The lowest BCUT2D eigenvalue weighted by Gasteiger charge is -2.26. The molecule has 0 saturated carbocycles. The fourth-order valence-corrected chi connectivity index (χ4v) is 2.82. The summed E-state index contributed by atoms with van der Waals surface area (Å²) in [5, 5.41) is 0.253. The van der Waals surface area contributed by atoms with Crippen LogP contribution in [0.4, 0.5) is 0 Å². The monoisotopic (exact) mass is 210 g/mol. The first-order valence-electron chi connectivity index (χ1n) is 4.82. The molecule has 0 bridgehead atoms. The number of carbonyl (C=O) groups is 1. The molecule has 1 aliphatic carbocycles. The van der Waals surface area contributed by atoms with Crippen molar-refractivity contribution in [3.05, 3.63) is 22.3 Å². The molecule has 78 valence electrons. The molecule has 0 aromatic rings. The molecular weight excluding hydrogens is 192 g/mol. The van der Waals surface area contributed by atoms with Gasteiger partial charge in [-0.3, -0.25) is 4.79 Å². The van der Waals surface area contributed by atoms with Gasteiger partial charge in [-0.05, 0) is 52.0 Å². The van der Waals surface area contributed by atoms with E-state index in [-0.39, 0.29) is 10.5 Å². The zero-order chi connectivity index (χ0) is 11.1. The standard InChI is InChI=1S/C12H18OS/c1-7-8(2)10(4)12(5,9(7)3)11(13)14-6/h1-6H3. The maximum atomic E-state index is 11.9. The third-order valence-corrected chi connectivity index (χ3v) is 4.56. The molecule has 0 atom stereocenters. The summed E-state index contributed by atoms with van der Waals surface area (Å²) in [6, 6.07) is 0. The SMILES string of the molecule is CSC(=O)C1(C)C(C)=C(C)C(C)=C1C. The van der Waals surface area contributed by atoms with E-state index < -0.39 is 0 Å². The molecule has 0 aromatic carbocycles. The summed E-state index contributed by atoms with van der Waals surface area (Å²) in [5.74, 6) is 0. The van der Waals surface area contributed by atoms with Gasteiger partial charge in [-0.1, -0.05) is 22.9 Å². The van der Waals surface area contributed by atoms with Crippen LogP contribution < -0.4 is 0 Å². The predicted molar refractivity (Wildman–Crippen MR) is 63.4 cm³/mol. The Labute approximate surface area is 90.7 Å². The van der Waals surface area contributed by atoms with E-state index in [1.54, 1.807) is 0 Å². The molecule has 1 aliphatic rings. The second-order valence-electron chi connectivity index (χ2n) is 4.12. The first kappa shape index (κ1) is 11.6. The van der Waals surface area contributed by atoms with Crippen LogP contribution in [0.1, 0.15) is 34.6 Å². The molecule has 0 saturated heterocycles. The van der Waals surface area contributed by atoms with Crippen LogP contribution in [0.2, 0.25) is 0 Å². The van der Waals surface area contributed by atoms with Gasteiger partial charge >= 0.3 is 0 Å². The van der Waals surface area contributed by atoms with E-state index >= 15 is 0 Å². The Bertz CT molecular complexity index is 323. The maximum absolute atomic E-state index is 11.9. The quantitative estimate of drug-likeness (QED) is 0.658. The second kappa shape index (κ2) is 3.58. The van der Waals surface area contributed by atoms with Crippen molar-refractivity contribution in [1.82, 2.24) is 0 Å². The van der Waals surface area contributed by atoms with E-state index in [9.17, 15) is 4.79 Å². The van der Waals surface area contributed by atoms with Gasteiger partial charge in [0.2, 0.25) is 5.12 Å². The highest BCUT2D eigenvalue weighted by molar-refractivity contribution is 8.13. The molecule has 0 radical (unpaired) electrons. The van der Waals surface area contributed by atoms with Crippen molar-refractivity contribution in [1.29, 1.82) is 0 Å². The Balaban J connectivity index is 3.33. The fraction of sp³-hybridized carbons (Fsp3) is 0.583. The van der Waals surface area contributed by atoms with Crippen LogP contribution in [0.15, 0.2) is 22.3 Å². The Morgan fingerprint density at radius 3 is 1.71 bits per heavy atom. The van der Waals surface area contributed by atoms with E-state index in [1.807, 2.05) is 13.2 Å². The lowest BCUT2D eigenvalue weighted by Crippen LogP contribution is -2.26. The highest BCUT2D eigenvalue weighted by Crippen LogP contribution is 2.48. The van der Waals surface area contributed by atoms with Gasteiger partial charge < -0.3 is 0 Å². The zero-order valence-corrected chi connectivity index (χ0v) is 10.6. The smallest absolute Gasteiger partial charge is 0.202 e. The molecule has 0 aliphatic heterocycles. The first-order valence-corrected chi connectivity index (χ1v) is 6.04. The average molecular weight is 210 g/mol. The van der Waals surface area contributed by atoms with Gasteiger partial charge in [0, 0.05) is 0 Å². The first-order chi connectivity index (χ1) is 6.37. The Morgan fingerprint density at radius 1 is 1.07 bits per heavy atom. The average Bonchev–Trinajstić information content (AvgIpc) is 2.34. The summed E-state index contributed by atoms with van der Waals surface area (Å²) < 4.78 is 0. The van der Waals surface area contributed by atoms with Crippen molar-refractivity contribution >= 4 is 16.9 Å². The van der Waals surface area contributed by atoms with E-state index in [2.05, 4.69) is 27.7 Å². The predicted octanol–water partition coefficient (Wildman–Crippen LogP) is 3.57. The van der Waals surface area contributed by atoms with Crippen LogP contribution in [-0.2, 0) is 4.79 Å². The molecule has 0 fully saturated rings. The van der Waals surface area contributed by atoms with Gasteiger partial charge in [0.1, 0.15) is 0 Å². The molecule has 0 N–H and O–H groups in total. The minimum absolute atomic E-state index is 0.253. The lowest BCUT2D eigenvalue weighted by molar-refractivity contribution is -0.115. The minimum Gasteiger partial charge on any atom is -0.286 e. The van der Waals surface area contributed by atoms with Gasteiger partial charge in [-0.15, -0.1) is 0 Å². The summed E-state index contributed by atoms with van der Waals surface area (Å²) in [6.45, 7) is 10.4. The number of rotatable bonds is 1. The molecule has 2 heteroatoms. The number of allylic oxidation sites excluding steroid dienone is 4. The van der Waals surface area contributed by atoms with E-state index in [4.69, 9.17) is 0 Å². The van der Waals surface area contributed by atoms with Crippen molar-refractivity contribution in [2.45, 2.75) is 34.6 Å². The summed E-state index contributed by atoms with van der Waals surface area (Å²) in [6.07, 6.45) is 1.86. The van der Waals surface area contributed by atoms with Crippen LogP contribution in [-0.4, -0.2) is 11.4 Å². The van der Waals surface area contributed by atoms with Crippen LogP contribution >= 0.6 is 11.8 Å². The molecule has 0 unspecified atom stereocenters. The largest absolute Gasteiger partial charge is 0.286 e. The van der Waals surface area contributed by atoms with E-state index in [1.165, 1.54) is 34.1 Å². The molecule has 1 nitrogen and oxygen atoms in total. The molecule has 0 aromatic heterocycles. The molecule has 1 rings (SSSR count). The summed E-state index contributed by atoms with van der Waals surface area (Å²) in [5.41, 5.74) is 4.65. The Kier molecular flexibility index (Phi) is 2.96. The summed E-state index contributed by atoms with van der Waals surface area (Å²) >= 11 is 1.33. The lowest BCUT2D eigenvalue weighted by atomic mass is 9.81. The van der Waals surface area contributed by atoms with Gasteiger partial charge in [-0.25, -0.2) is 0 Å². The second-order valence-corrected chi connectivity index (χ2v) is 4.90. The number of carbonyl (C=O) groups excluding carboxylic acids is 1. The maximum Gasteiger partial charge on any atom is 0.202 e. The number of hydrogen-bond donors (Lipinski definition) is 0. The zero-order valence-electron chi connectivity index (χ0n) is 9.82. The Morgan fingerprint density at radius 2 is 1.43 bits per heavy atom.